The molecule has 0 aliphatic rings. The minimum atomic E-state index is -1.23. The number of rotatable bonds is 3. The third kappa shape index (κ3) is 4.66. The van der Waals surface area contributed by atoms with Crippen LogP contribution in [0.5, 0.6) is 5.75 Å². The predicted molar refractivity (Wildman–Crippen MR) is 61.8 cm³/mol. The maximum absolute atomic E-state index is 9.45. The highest BCUT2D eigenvalue weighted by molar-refractivity contribution is 5.71. The van der Waals surface area contributed by atoms with Gasteiger partial charge in [-0.25, -0.2) is 4.79 Å². The van der Waals surface area contributed by atoms with E-state index < -0.39 is 12.1 Å². The van der Waals surface area contributed by atoms with Gasteiger partial charge in [0.25, 0.3) is 0 Å². The Hall–Kier alpha value is -1.70. The summed E-state index contributed by atoms with van der Waals surface area (Å²) < 4.78 is 0. The number of carboxylic acid groups (broad SMARTS) is 1. The molecule has 0 aliphatic carbocycles. The van der Waals surface area contributed by atoms with Crippen LogP contribution in [0, 0.1) is 6.92 Å². The number of aromatic hydroxyl groups is 1. The number of aliphatic hydroxyl groups excluding tert-OH is 3. The van der Waals surface area contributed by atoms with Crippen LogP contribution < -0.4 is 0 Å². The summed E-state index contributed by atoms with van der Waals surface area (Å²) in [4.78, 5) is 13.3. The van der Waals surface area contributed by atoms with Crippen molar-refractivity contribution in [2.45, 2.75) is 33.2 Å². The van der Waals surface area contributed by atoms with Crippen molar-refractivity contribution in [1.29, 1.82) is 0 Å². The monoisotopic (exact) mass is 259 g/mol. The first kappa shape index (κ1) is 16.3. The van der Waals surface area contributed by atoms with E-state index in [0.29, 0.717) is 16.8 Å². The Morgan fingerprint density at radius 3 is 2.22 bits per heavy atom. The number of aliphatic hydroxyl groups is 3. The summed E-state index contributed by atoms with van der Waals surface area (Å²) in [5.74, 6) is -1.22. The summed E-state index contributed by atoms with van der Waals surface area (Å²) in [6.45, 7) is 2.32. The van der Waals surface area contributed by atoms with Gasteiger partial charge < -0.3 is 25.5 Å². The Labute approximate surface area is 104 Å². The van der Waals surface area contributed by atoms with Crippen molar-refractivity contribution in [1.82, 2.24) is 4.98 Å². The second kappa shape index (κ2) is 7.59. The molecule has 7 nitrogen and oxygen atoms in total. The van der Waals surface area contributed by atoms with E-state index in [9.17, 15) is 9.90 Å². The fourth-order valence-corrected chi connectivity index (χ4v) is 0.997. The molecule has 1 unspecified atom stereocenters. The van der Waals surface area contributed by atoms with Gasteiger partial charge in [-0.15, -0.1) is 0 Å². The van der Waals surface area contributed by atoms with Crippen LogP contribution in [-0.2, 0) is 18.0 Å². The molecule has 1 aromatic heterocycles. The summed E-state index contributed by atoms with van der Waals surface area (Å²) in [6.07, 6.45) is 0.214. The Bertz CT molecular complexity index is 405. The van der Waals surface area contributed by atoms with Gasteiger partial charge in [-0.2, -0.15) is 0 Å². The van der Waals surface area contributed by atoms with E-state index in [-0.39, 0.29) is 19.0 Å². The Morgan fingerprint density at radius 2 is 1.89 bits per heavy atom. The van der Waals surface area contributed by atoms with E-state index >= 15 is 0 Å². The normalized spacial score (nSPS) is 11.4. The molecule has 0 aliphatic heterocycles. The molecule has 0 fully saturated rings. The first-order valence-corrected chi connectivity index (χ1v) is 5.14. The van der Waals surface area contributed by atoms with Gasteiger partial charge >= 0.3 is 5.97 Å². The molecule has 7 heteroatoms. The molecule has 5 N–H and O–H groups in total. The highest BCUT2D eigenvalue weighted by Crippen LogP contribution is 2.23. The van der Waals surface area contributed by atoms with Gasteiger partial charge in [0.15, 0.2) is 0 Å². The van der Waals surface area contributed by atoms with E-state index in [2.05, 4.69) is 4.98 Å². The summed E-state index contributed by atoms with van der Waals surface area (Å²) in [6, 6.07) is 0. The molecule has 0 saturated carbocycles. The van der Waals surface area contributed by atoms with Crippen molar-refractivity contribution >= 4 is 5.97 Å². The summed E-state index contributed by atoms with van der Waals surface area (Å²) in [5.41, 5.74) is 1.27. The van der Waals surface area contributed by atoms with Gasteiger partial charge in [-0.1, -0.05) is 0 Å². The zero-order valence-corrected chi connectivity index (χ0v) is 10.2. The topological polar surface area (TPSA) is 131 Å². The predicted octanol–water partition coefficient (Wildman–Crippen LogP) is -0.468. The Morgan fingerprint density at radius 1 is 1.39 bits per heavy atom. The number of pyridine rings is 1. The number of hydrogen-bond acceptors (Lipinski definition) is 6. The van der Waals surface area contributed by atoms with Gasteiger partial charge in [0, 0.05) is 17.3 Å². The number of nitrogens with zero attached hydrogens (tertiary/aromatic N) is 1. The van der Waals surface area contributed by atoms with Crippen molar-refractivity contribution in [3.8, 4) is 5.75 Å². The number of aromatic nitrogens is 1. The van der Waals surface area contributed by atoms with Crippen LogP contribution in [-0.4, -0.2) is 42.6 Å². The standard InChI is InChI=1S/C8H11NO3.C3H6O3/c1-5-8(12)7(4-11)6(3-10)2-9-5;1-2(4)3(5)6/h2,10-12H,3-4H2,1H3;2,4H,1H3,(H,5,6). The van der Waals surface area contributed by atoms with Crippen LogP contribution in [0.25, 0.3) is 0 Å². The molecule has 0 aromatic carbocycles. The van der Waals surface area contributed by atoms with Crippen molar-refractivity contribution in [3.63, 3.8) is 0 Å². The molecule has 1 heterocycles. The van der Waals surface area contributed by atoms with Crippen molar-refractivity contribution < 1.29 is 30.3 Å². The lowest BCUT2D eigenvalue weighted by Gasteiger charge is -2.07. The first-order chi connectivity index (χ1) is 8.34. The lowest BCUT2D eigenvalue weighted by atomic mass is 10.1. The zero-order valence-electron chi connectivity index (χ0n) is 10.2. The lowest BCUT2D eigenvalue weighted by Crippen LogP contribution is -2.13. The van der Waals surface area contributed by atoms with Crippen LogP contribution >= 0.6 is 0 Å². The molecule has 1 rings (SSSR count). The minimum absolute atomic E-state index is 0.0379. The molecule has 0 bridgehead atoms. The third-order valence-electron chi connectivity index (χ3n) is 2.12. The average molecular weight is 259 g/mol. The Kier molecular flexibility index (Phi) is 6.88. The number of hydrogen-bond donors (Lipinski definition) is 5. The smallest absolute Gasteiger partial charge is 0.332 e. The highest BCUT2D eigenvalue weighted by Gasteiger charge is 2.09. The van der Waals surface area contributed by atoms with Crippen molar-refractivity contribution in [3.05, 3.63) is 23.0 Å². The fourth-order valence-electron chi connectivity index (χ4n) is 0.997. The average Bonchev–Trinajstić information content (AvgIpc) is 2.33. The van der Waals surface area contributed by atoms with Gasteiger partial charge in [0.2, 0.25) is 0 Å². The van der Waals surface area contributed by atoms with Gasteiger partial charge in [-0.3, -0.25) is 4.98 Å². The van der Waals surface area contributed by atoms with Crippen molar-refractivity contribution in [2.24, 2.45) is 0 Å². The quantitative estimate of drug-likeness (QED) is 0.496. The third-order valence-corrected chi connectivity index (χ3v) is 2.12. The maximum Gasteiger partial charge on any atom is 0.332 e. The molecule has 1 aromatic rings. The molecular weight excluding hydrogens is 242 g/mol. The van der Waals surface area contributed by atoms with Crippen LogP contribution in [0.1, 0.15) is 23.7 Å². The highest BCUT2D eigenvalue weighted by atomic mass is 16.4. The second-order valence-corrected chi connectivity index (χ2v) is 3.53. The van der Waals surface area contributed by atoms with Crippen LogP contribution in [0.2, 0.25) is 0 Å². The molecule has 102 valence electrons. The van der Waals surface area contributed by atoms with E-state index in [1.165, 1.54) is 13.1 Å². The fraction of sp³-hybridized carbons (Fsp3) is 0.455. The van der Waals surface area contributed by atoms with Crippen molar-refractivity contribution in [2.75, 3.05) is 0 Å². The number of carbonyl (C=O) groups is 1. The summed E-state index contributed by atoms with van der Waals surface area (Å²) in [5, 5.41) is 42.8. The number of aryl methyl sites for hydroxylation is 1. The van der Waals surface area contributed by atoms with E-state index in [1.807, 2.05) is 0 Å². The molecular formula is C11H17NO6. The van der Waals surface area contributed by atoms with Crippen LogP contribution in [0.15, 0.2) is 6.20 Å². The molecule has 18 heavy (non-hydrogen) atoms. The summed E-state index contributed by atoms with van der Waals surface area (Å²) in [7, 11) is 0. The van der Waals surface area contributed by atoms with E-state index in [1.54, 1.807) is 6.92 Å². The van der Waals surface area contributed by atoms with Crippen LogP contribution in [0.3, 0.4) is 0 Å². The van der Waals surface area contributed by atoms with E-state index in [4.69, 9.17) is 20.4 Å². The summed E-state index contributed by atoms with van der Waals surface area (Å²) >= 11 is 0. The largest absolute Gasteiger partial charge is 0.506 e. The minimum Gasteiger partial charge on any atom is -0.506 e. The maximum atomic E-state index is 9.45. The van der Waals surface area contributed by atoms with Gasteiger partial charge in [0.05, 0.1) is 18.9 Å². The SMILES string of the molecule is CC(O)C(=O)O.Cc1ncc(CO)c(CO)c1O. The van der Waals surface area contributed by atoms with Gasteiger partial charge in [0.1, 0.15) is 11.9 Å². The lowest BCUT2D eigenvalue weighted by molar-refractivity contribution is -0.145. The molecule has 0 radical (unpaired) electrons. The number of aliphatic carboxylic acids is 1. The van der Waals surface area contributed by atoms with Gasteiger partial charge in [-0.05, 0) is 13.8 Å². The number of carboxylic acids is 1. The Balaban J connectivity index is 0.000000411. The van der Waals surface area contributed by atoms with E-state index in [0.717, 1.165) is 0 Å². The first-order valence-electron chi connectivity index (χ1n) is 5.14. The molecule has 0 amide bonds. The molecule has 0 spiro atoms. The van der Waals surface area contributed by atoms with Crippen LogP contribution in [0.4, 0.5) is 0 Å². The molecule has 0 saturated heterocycles. The zero-order chi connectivity index (χ0) is 14.3. The second-order valence-electron chi connectivity index (χ2n) is 3.53. The molecule has 1 atom stereocenters.